The van der Waals surface area contributed by atoms with Gasteiger partial charge in [-0.15, -0.1) is 0 Å². The molecule has 5 aromatic rings. The van der Waals surface area contributed by atoms with Crippen molar-refractivity contribution in [1.82, 2.24) is 14.8 Å². The van der Waals surface area contributed by atoms with Gasteiger partial charge in [0.05, 0.1) is 11.1 Å². The number of phenols is 1. The van der Waals surface area contributed by atoms with Gasteiger partial charge in [0.25, 0.3) is 0 Å². The number of rotatable bonds is 7. The number of phenolic OH excluding ortho intramolecular Hbond substituents is 1. The molecule has 0 radical (unpaired) electrons. The van der Waals surface area contributed by atoms with Crippen molar-refractivity contribution in [2.75, 3.05) is 0 Å². The zero-order valence-corrected chi connectivity index (χ0v) is 18.2. The van der Waals surface area contributed by atoms with Gasteiger partial charge < -0.3 is 14.6 Å². The lowest BCUT2D eigenvalue weighted by atomic mass is 10.1. The van der Waals surface area contributed by atoms with E-state index in [0.717, 1.165) is 33.3 Å². The third-order valence-corrected chi connectivity index (χ3v) is 5.37. The Hall–Kier alpha value is -4.32. The molecular weight excluding hydrogens is 414 g/mol. The summed E-state index contributed by atoms with van der Waals surface area (Å²) < 4.78 is 13.8. The van der Waals surface area contributed by atoms with Crippen LogP contribution in [0.15, 0.2) is 91.0 Å². The van der Waals surface area contributed by atoms with E-state index in [2.05, 4.69) is 10.1 Å². The zero-order valence-electron chi connectivity index (χ0n) is 18.2. The van der Waals surface area contributed by atoms with E-state index >= 15 is 0 Å². The Kier molecular flexibility index (Phi) is 5.64. The Labute approximate surface area is 191 Å². The number of hydrogen-bond donors (Lipinski definition) is 1. The maximum absolute atomic E-state index is 9.89. The van der Waals surface area contributed by atoms with Crippen molar-refractivity contribution < 1.29 is 14.6 Å². The van der Waals surface area contributed by atoms with E-state index in [4.69, 9.17) is 9.47 Å². The Bertz CT molecular complexity index is 1380. The fourth-order valence-electron chi connectivity index (χ4n) is 3.70. The molecule has 0 atom stereocenters. The second-order valence-corrected chi connectivity index (χ2v) is 7.72. The highest BCUT2D eigenvalue weighted by molar-refractivity contribution is 5.95. The summed E-state index contributed by atoms with van der Waals surface area (Å²) in [6.07, 6.45) is 0. The van der Waals surface area contributed by atoms with Crippen LogP contribution < -0.4 is 9.47 Å². The summed E-state index contributed by atoms with van der Waals surface area (Å²) in [5.74, 6) is 1.11. The van der Waals surface area contributed by atoms with Crippen molar-refractivity contribution in [3.63, 3.8) is 0 Å². The standard InChI is InChI=1S/C27H23N3O3/c1-30-24-16-21(31)12-13-22(24)26(29-30)23-14-15-25(32-17-19-8-4-2-5-9-19)28-27(23)33-18-20-10-6-3-7-11-20/h2-16,31H,17-18H2,1H3. The van der Waals surface area contributed by atoms with Crippen molar-refractivity contribution in [2.45, 2.75) is 13.2 Å². The number of ether oxygens (including phenoxy) is 2. The van der Waals surface area contributed by atoms with E-state index in [1.54, 1.807) is 16.8 Å². The minimum absolute atomic E-state index is 0.195. The average molecular weight is 437 g/mol. The molecule has 2 aromatic heterocycles. The maximum Gasteiger partial charge on any atom is 0.226 e. The molecule has 0 fully saturated rings. The molecule has 0 aliphatic heterocycles. The Morgan fingerprint density at radius 1 is 0.788 bits per heavy atom. The normalized spacial score (nSPS) is 10.9. The predicted octanol–water partition coefficient (Wildman–Crippen LogP) is 5.50. The van der Waals surface area contributed by atoms with E-state index < -0.39 is 0 Å². The van der Waals surface area contributed by atoms with Gasteiger partial charge in [0.1, 0.15) is 24.7 Å². The molecule has 3 aromatic carbocycles. The predicted molar refractivity (Wildman–Crippen MR) is 127 cm³/mol. The fraction of sp³-hybridized carbons (Fsp3) is 0.111. The number of aromatic hydroxyl groups is 1. The lowest BCUT2D eigenvalue weighted by Gasteiger charge is -2.12. The van der Waals surface area contributed by atoms with Crippen LogP contribution >= 0.6 is 0 Å². The van der Waals surface area contributed by atoms with E-state index in [0.29, 0.717) is 25.0 Å². The van der Waals surface area contributed by atoms with Gasteiger partial charge in [-0.3, -0.25) is 4.68 Å². The number of hydrogen-bond acceptors (Lipinski definition) is 5. The van der Waals surface area contributed by atoms with Crippen molar-refractivity contribution in [1.29, 1.82) is 0 Å². The second kappa shape index (κ2) is 9.04. The summed E-state index contributed by atoms with van der Waals surface area (Å²) >= 11 is 0. The van der Waals surface area contributed by atoms with Crippen LogP contribution in [-0.4, -0.2) is 19.9 Å². The van der Waals surface area contributed by atoms with Gasteiger partial charge in [0.2, 0.25) is 11.8 Å². The molecule has 1 N–H and O–H groups in total. The van der Waals surface area contributed by atoms with Gasteiger partial charge in [0.15, 0.2) is 0 Å². The number of benzene rings is 3. The summed E-state index contributed by atoms with van der Waals surface area (Å²) in [4.78, 5) is 4.67. The number of pyridine rings is 1. The molecule has 0 spiro atoms. The van der Waals surface area contributed by atoms with Crippen LogP contribution in [0.5, 0.6) is 17.5 Å². The Balaban J connectivity index is 1.51. The molecule has 164 valence electrons. The van der Waals surface area contributed by atoms with Crippen LogP contribution in [0.1, 0.15) is 11.1 Å². The summed E-state index contributed by atoms with van der Waals surface area (Å²) in [6, 6.07) is 28.9. The molecule has 0 bridgehead atoms. The summed E-state index contributed by atoms with van der Waals surface area (Å²) in [6.45, 7) is 0.783. The molecule has 0 aliphatic rings. The third-order valence-electron chi connectivity index (χ3n) is 5.37. The summed E-state index contributed by atoms with van der Waals surface area (Å²) in [5.41, 5.74) is 4.41. The SMILES string of the molecule is Cn1nc(-c2ccc(OCc3ccccc3)nc2OCc2ccccc2)c2ccc(O)cc21. The average Bonchev–Trinajstić information content (AvgIpc) is 3.18. The van der Waals surface area contributed by atoms with Crippen LogP contribution in [0.2, 0.25) is 0 Å². The maximum atomic E-state index is 9.89. The van der Waals surface area contributed by atoms with Gasteiger partial charge >= 0.3 is 0 Å². The molecule has 0 aliphatic carbocycles. The molecule has 0 unspecified atom stereocenters. The van der Waals surface area contributed by atoms with Gasteiger partial charge in [-0.1, -0.05) is 60.7 Å². The van der Waals surface area contributed by atoms with Crippen LogP contribution in [0, 0.1) is 0 Å². The first-order chi connectivity index (χ1) is 16.2. The van der Waals surface area contributed by atoms with Gasteiger partial charge in [-0.2, -0.15) is 10.1 Å². The molecular formula is C27H23N3O3. The highest BCUT2D eigenvalue weighted by Gasteiger charge is 2.18. The zero-order chi connectivity index (χ0) is 22.6. The van der Waals surface area contributed by atoms with Crippen molar-refractivity contribution in [3.05, 3.63) is 102 Å². The smallest absolute Gasteiger partial charge is 0.226 e. The molecule has 0 amide bonds. The van der Waals surface area contributed by atoms with Crippen molar-refractivity contribution >= 4 is 10.9 Å². The topological polar surface area (TPSA) is 69.4 Å². The molecule has 0 saturated carbocycles. The number of nitrogens with zero attached hydrogens (tertiary/aromatic N) is 3. The second-order valence-electron chi connectivity index (χ2n) is 7.72. The van der Waals surface area contributed by atoms with E-state index in [-0.39, 0.29) is 5.75 Å². The monoisotopic (exact) mass is 437 g/mol. The Morgan fingerprint density at radius 2 is 1.45 bits per heavy atom. The highest BCUT2D eigenvalue weighted by atomic mass is 16.5. The van der Waals surface area contributed by atoms with Crippen molar-refractivity contribution in [3.8, 4) is 28.8 Å². The number of fused-ring (bicyclic) bond motifs is 1. The Morgan fingerprint density at radius 3 is 2.15 bits per heavy atom. The van der Waals surface area contributed by atoms with Gasteiger partial charge in [-0.05, 0) is 29.3 Å². The van der Waals surface area contributed by atoms with Crippen LogP contribution in [0.3, 0.4) is 0 Å². The van der Waals surface area contributed by atoms with Gasteiger partial charge in [-0.25, -0.2) is 0 Å². The lowest BCUT2D eigenvalue weighted by Crippen LogP contribution is -2.02. The molecule has 33 heavy (non-hydrogen) atoms. The molecule has 5 rings (SSSR count). The fourth-order valence-corrected chi connectivity index (χ4v) is 3.70. The largest absolute Gasteiger partial charge is 0.508 e. The molecule has 2 heterocycles. The minimum Gasteiger partial charge on any atom is -0.508 e. The first kappa shape index (κ1) is 20.6. The highest BCUT2D eigenvalue weighted by Crippen LogP contribution is 2.36. The van der Waals surface area contributed by atoms with Crippen molar-refractivity contribution in [2.24, 2.45) is 7.05 Å². The van der Waals surface area contributed by atoms with Crippen LogP contribution in [-0.2, 0) is 20.3 Å². The summed E-state index contributed by atoms with van der Waals surface area (Å²) in [5, 5.41) is 15.5. The van der Waals surface area contributed by atoms with E-state index in [1.807, 2.05) is 85.9 Å². The quantitative estimate of drug-likeness (QED) is 0.364. The van der Waals surface area contributed by atoms with Crippen LogP contribution in [0.25, 0.3) is 22.2 Å². The van der Waals surface area contributed by atoms with Gasteiger partial charge in [0, 0.05) is 24.6 Å². The third kappa shape index (κ3) is 4.50. The van der Waals surface area contributed by atoms with Crippen LogP contribution in [0.4, 0.5) is 0 Å². The minimum atomic E-state index is 0.195. The first-order valence-corrected chi connectivity index (χ1v) is 10.7. The molecule has 6 nitrogen and oxygen atoms in total. The molecule has 6 heteroatoms. The summed E-state index contributed by atoms with van der Waals surface area (Å²) in [7, 11) is 1.85. The van der Waals surface area contributed by atoms with E-state index in [1.165, 1.54) is 0 Å². The molecule has 0 saturated heterocycles. The first-order valence-electron chi connectivity index (χ1n) is 10.7. The van der Waals surface area contributed by atoms with E-state index in [9.17, 15) is 5.11 Å². The number of aryl methyl sites for hydroxylation is 1. The number of aromatic nitrogens is 3. The lowest BCUT2D eigenvalue weighted by molar-refractivity contribution is 0.268.